The van der Waals surface area contributed by atoms with Crippen molar-refractivity contribution < 1.29 is 9.90 Å². The Morgan fingerprint density at radius 3 is 2.00 bits per heavy atom. The molecule has 0 aliphatic heterocycles. The van der Waals surface area contributed by atoms with Crippen molar-refractivity contribution in [3.05, 3.63) is 0 Å². The first-order chi connectivity index (χ1) is 4.33. The van der Waals surface area contributed by atoms with Gasteiger partial charge >= 0.3 is 6.09 Å². The molecule has 68 valence electrons. The average Bonchev–Trinajstić information content (AvgIpc) is 1.60. The molecule has 0 heterocycles. The summed E-state index contributed by atoms with van der Waals surface area (Å²) in [4.78, 5) is 10.1. The second-order valence-electron chi connectivity index (χ2n) is 1.32. The van der Waals surface area contributed by atoms with Crippen LogP contribution in [0.1, 0.15) is 0 Å². The Balaban J connectivity index is 0. The summed E-state index contributed by atoms with van der Waals surface area (Å²) in [5.74, 6) is 0. The van der Waals surface area contributed by atoms with Crippen molar-refractivity contribution in [2.45, 2.75) is 3.12 Å². The topological polar surface area (TPSA) is 40.5 Å². The third-order valence-corrected chi connectivity index (χ3v) is 1.77. The van der Waals surface area contributed by atoms with E-state index < -0.39 is 9.22 Å². The summed E-state index contributed by atoms with van der Waals surface area (Å²) in [5, 5.41) is 8.27. The number of hydrogen-bond donors (Lipinski definition) is 1. The molecule has 0 aliphatic carbocycles. The number of alkyl halides is 3. The Bertz CT molecular complexity index is 138. The molecule has 0 aromatic heterocycles. The molecule has 0 spiro atoms. The van der Waals surface area contributed by atoms with Crippen molar-refractivity contribution >= 4 is 65.3 Å². The number of nitrogens with zero attached hydrogens (tertiary/aromatic N) is 1. The Morgan fingerprint density at radius 1 is 1.55 bits per heavy atom. The zero-order valence-corrected chi connectivity index (χ0v) is 9.15. The number of rotatable bonds is 1. The summed E-state index contributed by atoms with van der Waals surface area (Å²) in [5.41, 5.74) is 0. The fraction of sp³-hybridized carbons (Fsp3) is 0.667. The molecule has 3 nitrogen and oxygen atoms in total. The van der Waals surface area contributed by atoms with E-state index >= 15 is 0 Å². The summed E-state index contributed by atoms with van der Waals surface area (Å²) >= 11 is 16.4. The fourth-order valence-corrected chi connectivity index (χ4v) is 1.51. The van der Waals surface area contributed by atoms with Crippen molar-refractivity contribution in [2.24, 2.45) is 0 Å². The molecule has 0 aliphatic rings. The van der Waals surface area contributed by atoms with E-state index in [1.165, 1.54) is 7.05 Å². The van der Waals surface area contributed by atoms with Crippen LogP contribution in [-0.2, 0) is 0 Å². The largest absolute Gasteiger partial charge is 0.464 e. The van der Waals surface area contributed by atoms with Crippen molar-refractivity contribution in [1.82, 2.24) is 4.31 Å². The molecule has 0 aromatic carbocycles. The predicted octanol–water partition coefficient (Wildman–Crippen LogP) is 2.99. The van der Waals surface area contributed by atoms with E-state index in [4.69, 9.17) is 39.9 Å². The Morgan fingerprint density at radius 2 is 1.91 bits per heavy atom. The Hall–Kier alpha value is 0.780. The highest BCUT2D eigenvalue weighted by molar-refractivity contribution is 8.03. The van der Waals surface area contributed by atoms with E-state index in [1.807, 2.05) is 0 Å². The lowest BCUT2D eigenvalue weighted by atomic mass is 11.1. The zero-order chi connectivity index (χ0) is 8.36. The van der Waals surface area contributed by atoms with E-state index in [2.05, 4.69) is 0 Å². The predicted molar refractivity (Wildman–Crippen MR) is 50.9 cm³/mol. The summed E-state index contributed by atoms with van der Waals surface area (Å²) in [6, 6.07) is 0. The van der Waals surface area contributed by atoms with Gasteiger partial charge in [0.1, 0.15) is 0 Å². The maximum Gasteiger partial charge on any atom is 0.417 e. The SMILES string of the molecule is CN(SC(Cl)(Cl)Cl)C(=O)O.Cl. The summed E-state index contributed by atoms with van der Waals surface area (Å²) in [7, 11) is 1.29. The van der Waals surface area contributed by atoms with E-state index in [1.54, 1.807) is 0 Å². The molecule has 0 unspecified atom stereocenters. The number of halogens is 4. The molecule has 0 rings (SSSR count). The molecule has 0 saturated carbocycles. The van der Waals surface area contributed by atoms with Crippen LogP contribution < -0.4 is 0 Å². The highest BCUT2D eigenvalue weighted by Crippen LogP contribution is 2.40. The van der Waals surface area contributed by atoms with Crippen LogP contribution in [0.2, 0.25) is 0 Å². The van der Waals surface area contributed by atoms with Crippen molar-refractivity contribution in [3.63, 3.8) is 0 Å². The van der Waals surface area contributed by atoms with E-state index in [-0.39, 0.29) is 12.4 Å². The number of amides is 1. The molecule has 8 heteroatoms. The van der Waals surface area contributed by atoms with Gasteiger partial charge in [-0.2, -0.15) is 0 Å². The number of hydrogen-bond acceptors (Lipinski definition) is 2. The van der Waals surface area contributed by atoms with E-state index in [0.29, 0.717) is 11.9 Å². The van der Waals surface area contributed by atoms with Crippen LogP contribution in [0.3, 0.4) is 0 Å². The van der Waals surface area contributed by atoms with Gasteiger partial charge in [-0.05, 0) is 0 Å². The van der Waals surface area contributed by atoms with Crippen LogP contribution in [0.25, 0.3) is 0 Å². The third kappa shape index (κ3) is 8.69. The van der Waals surface area contributed by atoms with Crippen LogP contribution >= 0.6 is 59.2 Å². The van der Waals surface area contributed by atoms with Gasteiger partial charge in [0.05, 0.1) is 0 Å². The number of carbonyl (C=O) groups is 1. The molecule has 1 N–H and O–H groups in total. The minimum Gasteiger partial charge on any atom is -0.464 e. The molecule has 0 saturated heterocycles. The molecule has 0 aromatic rings. The molecule has 0 fully saturated rings. The zero-order valence-electron chi connectivity index (χ0n) is 5.25. The monoisotopic (exact) mass is 259 g/mol. The van der Waals surface area contributed by atoms with Crippen LogP contribution in [0.15, 0.2) is 0 Å². The smallest absolute Gasteiger partial charge is 0.417 e. The molecular weight excluding hydrogens is 256 g/mol. The highest BCUT2D eigenvalue weighted by Gasteiger charge is 2.25. The highest BCUT2D eigenvalue weighted by atomic mass is 35.6. The van der Waals surface area contributed by atoms with Gasteiger partial charge in [0, 0.05) is 19.0 Å². The normalized spacial score (nSPS) is 10.2. The summed E-state index contributed by atoms with van der Waals surface area (Å²) in [6.45, 7) is 0. The van der Waals surface area contributed by atoms with Gasteiger partial charge in [-0.15, -0.1) is 12.4 Å². The van der Waals surface area contributed by atoms with Crippen molar-refractivity contribution in [1.29, 1.82) is 0 Å². The molecule has 0 atom stereocenters. The van der Waals surface area contributed by atoms with E-state index in [0.717, 1.165) is 4.31 Å². The third-order valence-electron chi connectivity index (χ3n) is 0.510. The maximum atomic E-state index is 10.1. The second-order valence-corrected chi connectivity index (χ2v) is 5.61. The average molecular weight is 261 g/mol. The van der Waals surface area contributed by atoms with Crippen LogP contribution in [0.5, 0.6) is 0 Å². The lowest BCUT2D eigenvalue weighted by molar-refractivity contribution is 0.181. The lowest BCUT2D eigenvalue weighted by Gasteiger charge is -2.16. The van der Waals surface area contributed by atoms with E-state index in [9.17, 15) is 4.79 Å². The maximum absolute atomic E-state index is 10.1. The molecule has 0 radical (unpaired) electrons. The van der Waals surface area contributed by atoms with Gasteiger partial charge in [0.15, 0.2) is 0 Å². The molecular formula is C3H5Cl4NO2S. The molecule has 11 heavy (non-hydrogen) atoms. The van der Waals surface area contributed by atoms with Crippen LogP contribution in [0, 0.1) is 0 Å². The quantitative estimate of drug-likeness (QED) is 0.582. The van der Waals surface area contributed by atoms with Gasteiger partial charge in [0.25, 0.3) is 3.12 Å². The van der Waals surface area contributed by atoms with Gasteiger partial charge in [0.2, 0.25) is 0 Å². The second kappa shape index (κ2) is 5.43. The van der Waals surface area contributed by atoms with Gasteiger partial charge in [-0.1, -0.05) is 34.8 Å². The van der Waals surface area contributed by atoms with Crippen LogP contribution in [-0.4, -0.2) is 25.7 Å². The molecule has 1 amide bonds. The Kier molecular flexibility index (Phi) is 7.06. The Labute approximate surface area is 89.5 Å². The first kappa shape index (κ1) is 14.3. The standard InChI is InChI=1S/C3H4Cl3NO2S.ClH/c1-7(2(8)9)10-3(4,5)6;/h1H3,(H,8,9);1H. The van der Waals surface area contributed by atoms with Crippen LogP contribution in [0.4, 0.5) is 4.79 Å². The van der Waals surface area contributed by atoms with Crippen molar-refractivity contribution in [3.8, 4) is 0 Å². The van der Waals surface area contributed by atoms with Gasteiger partial charge in [-0.3, -0.25) is 4.31 Å². The van der Waals surface area contributed by atoms with Gasteiger partial charge < -0.3 is 5.11 Å². The summed E-state index contributed by atoms with van der Waals surface area (Å²) in [6.07, 6.45) is -1.16. The summed E-state index contributed by atoms with van der Waals surface area (Å²) < 4.78 is -0.805. The van der Waals surface area contributed by atoms with Gasteiger partial charge in [-0.25, -0.2) is 4.79 Å². The molecule has 0 bridgehead atoms. The minimum absolute atomic E-state index is 0. The fourth-order valence-electron chi connectivity index (χ4n) is 0.194. The first-order valence-corrected chi connectivity index (χ1v) is 3.96. The van der Waals surface area contributed by atoms with Crippen molar-refractivity contribution in [2.75, 3.05) is 7.05 Å². The number of carboxylic acid groups (broad SMARTS) is 1. The first-order valence-electron chi connectivity index (χ1n) is 2.05. The minimum atomic E-state index is -1.62. The lowest BCUT2D eigenvalue weighted by Crippen LogP contribution is -2.20.